The molecule has 0 saturated heterocycles. The first kappa shape index (κ1) is 23.3. The quantitative estimate of drug-likeness (QED) is 0.294. The molecule has 1 N–H and O–H groups in total. The van der Waals surface area contributed by atoms with Gasteiger partial charge >= 0.3 is 11.9 Å². The largest absolute Gasteiger partial charge is 0.468 e. The molecule has 34 heavy (non-hydrogen) atoms. The minimum atomic E-state index is -1.16. The van der Waals surface area contributed by atoms with Gasteiger partial charge in [0.25, 0.3) is 5.69 Å². The minimum Gasteiger partial charge on any atom is -0.468 e. The molecule has 3 atom stereocenters. The van der Waals surface area contributed by atoms with E-state index in [-0.39, 0.29) is 53.2 Å². The SMILES string of the molecule is CCOC(=O)C1=C(C)NC2=C(C(=O)[C@H](C(=O)OC)[C@H](C)C2)[C@H]1c1cc2c(cc1[N+](=O)[O-])OCO2. The molecule has 1 aromatic rings. The van der Waals surface area contributed by atoms with E-state index in [2.05, 4.69) is 5.32 Å². The first-order chi connectivity index (χ1) is 16.2. The third-order valence-corrected chi connectivity index (χ3v) is 6.27. The molecule has 180 valence electrons. The highest BCUT2D eigenvalue weighted by molar-refractivity contribution is 6.12. The van der Waals surface area contributed by atoms with E-state index in [0.29, 0.717) is 17.8 Å². The predicted octanol–water partition coefficient (Wildman–Crippen LogP) is 2.50. The lowest BCUT2D eigenvalue weighted by atomic mass is 9.69. The predicted molar refractivity (Wildman–Crippen MR) is 116 cm³/mol. The Morgan fingerprint density at radius 1 is 1.26 bits per heavy atom. The van der Waals surface area contributed by atoms with Gasteiger partial charge in [0.1, 0.15) is 5.92 Å². The number of hydrogen-bond donors (Lipinski definition) is 1. The number of rotatable bonds is 5. The third-order valence-electron chi connectivity index (χ3n) is 6.27. The number of hydrogen-bond acceptors (Lipinski definition) is 10. The molecule has 2 heterocycles. The maximum absolute atomic E-state index is 13.7. The molecule has 0 fully saturated rings. The zero-order valence-electron chi connectivity index (χ0n) is 19.1. The lowest BCUT2D eigenvalue weighted by Crippen LogP contribution is -2.43. The summed E-state index contributed by atoms with van der Waals surface area (Å²) >= 11 is 0. The number of ketones is 1. The van der Waals surface area contributed by atoms with Gasteiger partial charge in [-0.1, -0.05) is 6.92 Å². The van der Waals surface area contributed by atoms with E-state index in [0.717, 1.165) is 0 Å². The van der Waals surface area contributed by atoms with Crippen LogP contribution in [-0.4, -0.2) is 43.2 Å². The Labute approximate surface area is 194 Å². The van der Waals surface area contributed by atoms with Crippen molar-refractivity contribution in [2.45, 2.75) is 33.1 Å². The van der Waals surface area contributed by atoms with E-state index in [1.165, 1.54) is 19.2 Å². The zero-order valence-corrected chi connectivity index (χ0v) is 19.1. The molecule has 4 rings (SSSR count). The number of nitrogens with zero attached hydrogens (tertiary/aromatic N) is 1. The van der Waals surface area contributed by atoms with E-state index < -0.39 is 34.5 Å². The molecule has 0 amide bonds. The van der Waals surface area contributed by atoms with E-state index >= 15 is 0 Å². The Morgan fingerprint density at radius 3 is 2.56 bits per heavy atom. The summed E-state index contributed by atoms with van der Waals surface area (Å²) in [6, 6.07) is 2.62. The number of fused-ring (bicyclic) bond motifs is 1. The molecule has 2 aliphatic heterocycles. The molecule has 0 aromatic heterocycles. The van der Waals surface area contributed by atoms with Gasteiger partial charge < -0.3 is 24.3 Å². The summed E-state index contributed by atoms with van der Waals surface area (Å²) in [5, 5.41) is 15.2. The fraction of sp³-hybridized carbons (Fsp3) is 0.435. The molecule has 0 bridgehead atoms. The molecule has 0 spiro atoms. The van der Waals surface area contributed by atoms with Crippen molar-refractivity contribution in [2.75, 3.05) is 20.5 Å². The highest BCUT2D eigenvalue weighted by Crippen LogP contribution is 2.50. The van der Waals surface area contributed by atoms with Crippen molar-refractivity contribution in [3.05, 3.63) is 50.4 Å². The number of nitro benzene ring substituents is 1. The molecule has 11 nitrogen and oxygen atoms in total. The number of dihydropyridines is 1. The Kier molecular flexibility index (Phi) is 6.03. The molecule has 1 aromatic carbocycles. The summed E-state index contributed by atoms with van der Waals surface area (Å²) in [6.45, 7) is 4.98. The standard InChI is InChI=1S/C23H24N2O9/c1-5-32-23(28)18-11(3)24-13-6-10(2)17(22(27)31-4)21(26)20(13)19(18)12-7-15-16(34-9-33-15)8-14(12)25(29)30/h7-8,10,17,19,24H,5-6,9H2,1-4H3/t10-,17-,19+/m1/s1. The van der Waals surface area contributed by atoms with E-state index in [9.17, 15) is 24.5 Å². The Hall–Kier alpha value is -3.89. The van der Waals surface area contributed by atoms with Crippen LogP contribution < -0.4 is 14.8 Å². The van der Waals surface area contributed by atoms with Crippen molar-refractivity contribution >= 4 is 23.4 Å². The fourth-order valence-corrected chi connectivity index (χ4v) is 4.81. The van der Waals surface area contributed by atoms with Crippen LogP contribution in [0.2, 0.25) is 0 Å². The van der Waals surface area contributed by atoms with Crippen molar-refractivity contribution in [1.29, 1.82) is 0 Å². The van der Waals surface area contributed by atoms with Crippen LogP contribution in [0.3, 0.4) is 0 Å². The summed E-state index contributed by atoms with van der Waals surface area (Å²) in [6.07, 6.45) is 0.309. The van der Waals surface area contributed by atoms with Gasteiger partial charge in [0.15, 0.2) is 17.3 Å². The van der Waals surface area contributed by atoms with E-state index in [1.807, 2.05) is 0 Å². The van der Waals surface area contributed by atoms with Crippen LogP contribution in [0.5, 0.6) is 11.5 Å². The molecule has 0 saturated carbocycles. The highest BCUT2D eigenvalue weighted by atomic mass is 16.7. The second kappa shape index (κ2) is 8.81. The maximum atomic E-state index is 13.7. The average molecular weight is 472 g/mol. The maximum Gasteiger partial charge on any atom is 0.336 e. The molecule has 0 unspecified atom stereocenters. The molecular weight excluding hydrogens is 448 g/mol. The Bertz CT molecular complexity index is 1170. The number of carbonyl (C=O) groups excluding carboxylic acids is 3. The number of nitro groups is 1. The number of esters is 2. The van der Waals surface area contributed by atoms with Gasteiger partial charge in [0, 0.05) is 22.5 Å². The molecule has 1 aliphatic carbocycles. The number of methoxy groups -OCH3 is 1. The Balaban J connectivity index is 1.98. The number of benzene rings is 1. The second-order valence-corrected chi connectivity index (χ2v) is 8.28. The smallest absolute Gasteiger partial charge is 0.336 e. The lowest BCUT2D eigenvalue weighted by molar-refractivity contribution is -0.385. The van der Waals surface area contributed by atoms with Crippen molar-refractivity contribution in [2.24, 2.45) is 11.8 Å². The van der Waals surface area contributed by atoms with E-state index in [1.54, 1.807) is 20.8 Å². The minimum absolute atomic E-state index is 0.0501. The summed E-state index contributed by atoms with van der Waals surface area (Å²) < 4.78 is 20.8. The molecule has 0 radical (unpaired) electrons. The van der Waals surface area contributed by atoms with Crippen LogP contribution in [0.15, 0.2) is 34.7 Å². The summed E-state index contributed by atoms with van der Waals surface area (Å²) in [4.78, 5) is 50.7. The van der Waals surface area contributed by atoms with Crippen LogP contribution in [0.4, 0.5) is 5.69 Å². The van der Waals surface area contributed by atoms with Gasteiger partial charge in [-0.25, -0.2) is 4.79 Å². The molecule has 3 aliphatic rings. The first-order valence-electron chi connectivity index (χ1n) is 10.8. The van der Waals surface area contributed by atoms with Gasteiger partial charge in [-0.05, 0) is 32.3 Å². The van der Waals surface area contributed by atoms with Crippen LogP contribution >= 0.6 is 0 Å². The molecular formula is C23H24N2O9. The van der Waals surface area contributed by atoms with Crippen LogP contribution in [0.1, 0.15) is 38.7 Å². The number of nitrogens with one attached hydrogen (secondary N) is 1. The van der Waals surface area contributed by atoms with Crippen molar-refractivity contribution in [3.8, 4) is 11.5 Å². The highest BCUT2D eigenvalue weighted by Gasteiger charge is 2.49. The van der Waals surface area contributed by atoms with Gasteiger partial charge in [0.05, 0.1) is 36.2 Å². The summed E-state index contributed by atoms with van der Waals surface area (Å²) in [5.74, 6) is -4.18. The van der Waals surface area contributed by atoms with Crippen molar-refractivity contribution in [1.82, 2.24) is 5.32 Å². The van der Waals surface area contributed by atoms with Gasteiger partial charge in [-0.3, -0.25) is 19.7 Å². The second-order valence-electron chi connectivity index (χ2n) is 8.28. The summed E-state index contributed by atoms with van der Waals surface area (Å²) in [7, 11) is 1.19. The van der Waals surface area contributed by atoms with Crippen LogP contribution in [-0.2, 0) is 23.9 Å². The lowest BCUT2D eigenvalue weighted by Gasteiger charge is -2.38. The average Bonchev–Trinajstić information content (AvgIpc) is 3.24. The first-order valence-corrected chi connectivity index (χ1v) is 10.8. The number of carbonyl (C=O) groups is 3. The van der Waals surface area contributed by atoms with E-state index in [4.69, 9.17) is 18.9 Å². The van der Waals surface area contributed by atoms with Crippen molar-refractivity contribution in [3.63, 3.8) is 0 Å². The van der Waals surface area contributed by atoms with Crippen molar-refractivity contribution < 1.29 is 38.3 Å². The monoisotopic (exact) mass is 472 g/mol. The zero-order chi connectivity index (χ0) is 24.7. The fourth-order valence-electron chi connectivity index (χ4n) is 4.81. The number of Topliss-reactive ketones (excluding diaryl/α,β-unsaturated/α-hetero) is 1. The van der Waals surface area contributed by atoms with Gasteiger partial charge in [-0.15, -0.1) is 0 Å². The van der Waals surface area contributed by atoms with Crippen LogP contribution in [0.25, 0.3) is 0 Å². The van der Waals surface area contributed by atoms with Gasteiger partial charge in [0.2, 0.25) is 6.79 Å². The normalized spacial score (nSPS) is 23.3. The number of allylic oxidation sites excluding steroid dienone is 3. The number of ether oxygens (including phenoxy) is 4. The summed E-state index contributed by atoms with van der Waals surface area (Å²) in [5.41, 5.74) is 0.778. The third kappa shape index (κ3) is 3.66. The van der Waals surface area contributed by atoms with Crippen LogP contribution in [0, 0.1) is 22.0 Å². The molecule has 11 heteroatoms. The Morgan fingerprint density at radius 2 is 1.94 bits per heavy atom. The van der Waals surface area contributed by atoms with Gasteiger partial charge in [-0.2, -0.15) is 0 Å². The topological polar surface area (TPSA) is 143 Å².